The van der Waals surface area contributed by atoms with Crippen LogP contribution in [0, 0.1) is 10.1 Å². The van der Waals surface area contributed by atoms with E-state index in [9.17, 15) is 29.3 Å². The van der Waals surface area contributed by atoms with Crippen molar-refractivity contribution in [3.63, 3.8) is 0 Å². The van der Waals surface area contributed by atoms with E-state index in [4.69, 9.17) is 0 Å². The largest absolute Gasteiger partial charge is 0.467 e. The number of hydrogen-bond donors (Lipinski definition) is 1. The number of hydrogen-bond acceptors (Lipinski definition) is 10. The van der Waals surface area contributed by atoms with Gasteiger partial charge in [0.1, 0.15) is 6.04 Å². The second kappa shape index (κ2) is 12.1. The van der Waals surface area contributed by atoms with E-state index in [2.05, 4.69) is 19.6 Å². The van der Waals surface area contributed by atoms with Crippen molar-refractivity contribution in [2.45, 2.75) is 19.4 Å². The van der Waals surface area contributed by atoms with Gasteiger partial charge in [0, 0.05) is 19.1 Å². The van der Waals surface area contributed by atoms with Gasteiger partial charge in [0.15, 0.2) is 0 Å². The summed E-state index contributed by atoms with van der Waals surface area (Å²) in [5.41, 5.74) is 0. The summed E-state index contributed by atoms with van der Waals surface area (Å²) in [6.45, 7) is 0.784. The minimum absolute atomic E-state index is 0.0436. The summed E-state index contributed by atoms with van der Waals surface area (Å²) in [4.78, 5) is 59.2. The molecule has 0 aliphatic carbocycles. The van der Waals surface area contributed by atoms with E-state index in [1.165, 1.54) is 6.92 Å². The zero-order chi connectivity index (χ0) is 18.5. The third-order valence-electron chi connectivity index (χ3n) is 2.33. The molecule has 24 heavy (non-hydrogen) atoms. The number of nitrogens with one attached hydrogen (secondary N) is 1. The lowest BCUT2D eigenvalue weighted by molar-refractivity contribution is -0.757. The van der Waals surface area contributed by atoms with Crippen LogP contribution in [0.5, 0.6) is 0 Å². The zero-order valence-electron chi connectivity index (χ0n) is 13.1. The van der Waals surface area contributed by atoms with Crippen LogP contribution in [0.3, 0.4) is 0 Å². The maximum absolute atomic E-state index is 11.5. The van der Waals surface area contributed by atoms with Gasteiger partial charge in [-0.2, -0.15) is 11.8 Å². The predicted octanol–water partition coefficient (Wildman–Crippen LogP) is -0.892. The van der Waals surface area contributed by atoms with Gasteiger partial charge in [0.2, 0.25) is 11.7 Å². The van der Waals surface area contributed by atoms with Gasteiger partial charge in [0.05, 0.1) is 26.1 Å². The third-order valence-corrected chi connectivity index (χ3v) is 3.36. The van der Waals surface area contributed by atoms with Gasteiger partial charge in [-0.05, 0) is 0 Å². The molecule has 0 radical (unpaired) electrons. The first-order chi connectivity index (χ1) is 11.3. The van der Waals surface area contributed by atoms with Gasteiger partial charge >= 0.3 is 11.9 Å². The minimum Gasteiger partial charge on any atom is -0.467 e. The lowest BCUT2D eigenvalue weighted by Crippen LogP contribution is -2.42. The molecule has 0 aromatic rings. The number of amides is 1. The SMILES string of the molecule is COC(=O)[C@H](CSCC(=O)C(=O)OCCCO[N+](=O)[O-])NC(C)=O. The lowest BCUT2D eigenvalue weighted by Gasteiger charge is -2.14. The molecule has 11 nitrogen and oxygen atoms in total. The molecule has 0 bridgehead atoms. The molecule has 0 heterocycles. The summed E-state index contributed by atoms with van der Waals surface area (Å²) in [7, 11) is 1.16. The summed E-state index contributed by atoms with van der Waals surface area (Å²) >= 11 is 0.951. The molecular weight excluding hydrogens is 348 g/mol. The van der Waals surface area contributed by atoms with Crippen molar-refractivity contribution >= 4 is 35.4 Å². The van der Waals surface area contributed by atoms with Gasteiger partial charge < -0.3 is 19.6 Å². The first-order valence-electron chi connectivity index (χ1n) is 6.67. The Hall–Kier alpha value is -2.37. The van der Waals surface area contributed by atoms with Crippen LogP contribution in [0.15, 0.2) is 0 Å². The Morgan fingerprint density at radius 1 is 1.25 bits per heavy atom. The number of nitrogens with zero attached hydrogens (tertiary/aromatic N) is 1. The van der Waals surface area contributed by atoms with E-state index < -0.39 is 34.8 Å². The molecule has 0 rings (SSSR count). The maximum atomic E-state index is 11.5. The van der Waals surface area contributed by atoms with Crippen LogP contribution in [0.4, 0.5) is 0 Å². The Bertz CT molecular complexity index is 483. The number of carbonyl (C=O) groups is 4. The molecule has 1 amide bonds. The van der Waals surface area contributed by atoms with Crippen molar-refractivity contribution in [3.05, 3.63) is 10.1 Å². The molecule has 0 aromatic heterocycles. The van der Waals surface area contributed by atoms with Crippen LogP contribution in [0.1, 0.15) is 13.3 Å². The molecule has 0 spiro atoms. The Balaban J connectivity index is 4.04. The zero-order valence-corrected chi connectivity index (χ0v) is 14.0. The molecular formula is C12H18N2O9S. The fourth-order valence-corrected chi connectivity index (χ4v) is 2.20. The predicted molar refractivity (Wildman–Crippen MR) is 80.5 cm³/mol. The first kappa shape index (κ1) is 21.6. The highest BCUT2D eigenvalue weighted by molar-refractivity contribution is 8.00. The lowest BCUT2D eigenvalue weighted by atomic mass is 10.3. The standard InChI is InChI=1S/C12H18N2O9S/c1-8(15)13-9(11(17)21-2)6-24-7-10(16)12(18)22-4-3-5-23-14(19)20/h9H,3-7H2,1-2H3,(H,13,15)/t9-/m0/s1. The summed E-state index contributed by atoms with van der Waals surface area (Å²) in [5.74, 6) is -3.23. The number of methoxy groups -OCH3 is 1. The monoisotopic (exact) mass is 366 g/mol. The molecule has 0 fully saturated rings. The van der Waals surface area contributed by atoms with Crippen LogP contribution in [-0.2, 0) is 33.5 Å². The average molecular weight is 366 g/mol. The molecule has 0 unspecified atom stereocenters. The molecule has 0 saturated carbocycles. The van der Waals surface area contributed by atoms with E-state index in [1.54, 1.807) is 0 Å². The van der Waals surface area contributed by atoms with E-state index >= 15 is 0 Å². The highest BCUT2D eigenvalue weighted by Crippen LogP contribution is 2.06. The second-order valence-corrected chi connectivity index (χ2v) is 5.29. The fourth-order valence-electron chi connectivity index (χ4n) is 1.33. The van der Waals surface area contributed by atoms with Gasteiger partial charge in [-0.3, -0.25) is 9.59 Å². The third kappa shape index (κ3) is 10.4. The number of Topliss-reactive ketones (excluding diaryl/α,β-unsaturated/α-hetero) is 1. The van der Waals surface area contributed by atoms with E-state index in [1.807, 2.05) is 0 Å². The molecule has 1 atom stereocenters. The summed E-state index contributed by atoms with van der Waals surface area (Å²) in [6.07, 6.45) is 0.0695. The average Bonchev–Trinajstić information content (AvgIpc) is 2.51. The van der Waals surface area contributed by atoms with E-state index in [0.29, 0.717) is 0 Å². The van der Waals surface area contributed by atoms with Crippen molar-refractivity contribution < 1.29 is 38.6 Å². The van der Waals surface area contributed by atoms with E-state index in [-0.39, 0.29) is 31.1 Å². The number of carbonyl (C=O) groups excluding carboxylic acids is 4. The van der Waals surface area contributed by atoms with Crippen LogP contribution >= 0.6 is 11.8 Å². The molecule has 12 heteroatoms. The van der Waals surface area contributed by atoms with Crippen LogP contribution in [-0.4, -0.2) is 66.6 Å². The molecule has 136 valence electrons. The summed E-state index contributed by atoms with van der Waals surface area (Å²) in [5, 5.41) is 11.3. The second-order valence-electron chi connectivity index (χ2n) is 4.26. The van der Waals surface area contributed by atoms with Gasteiger partial charge in [-0.25, -0.2) is 9.59 Å². The van der Waals surface area contributed by atoms with Crippen molar-refractivity contribution in [3.8, 4) is 0 Å². The van der Waals surface area contributed by atoms with Crippen LogP contribution < -0.4 is 5.32 Å². The Labute approximate surface area is 141 Å². The number of ether oxygens (including phenoxy) is 2. The van der Waals surface area contributed by atoms with Gasteiger partial charge in [-0.15, -0.1) is 10.1 Å². The van der Waals surface area contributed by atoms with E-state index in [0.717, 1.165) is 18.9 Å². The van der Waals surface area contributed by atoms with Gasteiger partial charge in [-0.1, -0.05) is 0 Å². The maximum Gasteiger partial charge on any atom is 0.375 e. The molecule has 0 aliphatic rings. The normalized spacial score (nSPS) is 11.1. The minimum atomic E-state index is -1.09. The van der Waals surface area contributed by atoms with Crippen molar-refractivity contribution in [1.82, 2.24) is 5.32 Å². The number of ketones is 1. The topological polar surface area (TPSA) is 151 Å². The molecule has 1 N–H and O–H groups in total. The molecule has 0 saturated heterocycles. The van der Waals surface area contributed by atoms with Crippen molar-refractivity contribution in [2.75, 3.05) is 31.8 Å². The Morgan fingerprint density at radius 3 is 2.46 bits per heavy atom. The quantitative estimate of drug-likeness (QED) is 0.151. The molecule has 0 aromatic carbocycles. The highest BCUT2D eigenvalue weighted by Gasteiger charge is 2.22. The smallest absolute Gasteiger partial charge is 0.375 e. The van der Waals surface area contributed by atoms with Crippen molar-refractivity contribution in [1.29, 1.82) is 0 Å². The molecule has 0 aliphatic heterocycles. The fraction of sp³-hybridized carbons (Fsp3) is 0.667. The first-order valence-corrected chi connectivity index (χ1v) is 7.83. The number of esters is 2. The Morgan fingerprint density at radius 2 is 1.92 bits per heavy atom. The highest BCUT2D eigenvalue weighted by atomic mass is 32.2. The van der Waals surface area contributed by atoms with Crippen LogP contribution in [0.2, 0.25) is 0 Å². The Kier molecular flexibility index (Phi) is 10.9. The van der Waals surface area contributed by atoms with Crippen LogP contribution in [0.25, 0.3) is 0 Å². The van der Waals surface area contributed by atoms with Gasteiger partial charge in [0.25, 0.3) is 5.09 Å². The summed E-state index contributed by atoms with van der Waals surface area (Å²) < 4.78 is 9.12. The number of rotatable bonds is 12. The number of thioether (sulfide) groups is 1. The summed E-state index contributed by atoms with van der Waals surface area (Å²) in [6, 6.07) is -0.930. The van der Waals surface area contributed by atoms with Crippen molar-refractivity contribution in [2.24, 2.45) is 0 Å².